The van der Waals surface area contributed by atoms with E-state index >= 15 is 0 Å². The summed E-state index contributed by atoms with van der Waals surface area (Å²) in [6, 6.07) is 0. The van der Waals surface area contributed by atoms with E-state index in [2.05, 4.69) is 15.5 Å². The van der Waals surface area contributed by atoms with Crippen molar-refractivity contribution in [3.63, 3.8) is 0 Å². The number of rotatable bonds is 6. The number of nitrogens with zero attached hydrogens (tertiary/aromatic N) is 5. The van der Waals surface area contributed by atoms with Gasteiger partial charge < -0.3 is 5.32 Å². The highest BCUT2D eigenvalue weighted by atomic mass is 16.6. The van der Waals surface area contributed by atoms with Gasteiger partial charge >= 0.3 is 5.69 Å². The molecule has 0 fully saturated rings. The van der Waals surface area contributed by atoms with E-state index in [1.807, 2.05) is 27.1 Å². The van der Waals surface area contributed by atoms with Crippen LogP contribution in [0.3, 0.4) is 0 Å². The van der Waals surface area contributed by atoms with E-state index < -0.39 is 0 Å². The van der Waals surface area contributed by atoms with Crippen molar-refractivity contribution >= 4 is 11.5 Å². The molecule has 2 heterocycles. The standard InChI is InChI=1S/C13H20N6O2/c1-9(2)11-12(19(20)21)13(18(4)16-11)14-6-5-10-7-15-17(3)8-10/h7-9,14H,5-6H2,1-4H3. The number of hydrogen-bond donors (Lipinski definition) is 1. The average molecular weight is 292 g/mol. The summed E-state index contributed by atoms with van der Waals surface area (Å²) in [5.41, 5.74) is 1.66. The van der Waals surface area contributed by atoms with E-state index in [0.717, 1.165) is 12.0 Å². The van der Waals surface area contributed by atoms with E-state index in [1.54, 1.807) is 17.9 Å². The number of anilines is 1. The first kappa shape index (κ1) is 15.0. The van der Waals surface area contributed by atoms with Crippen molar-refractivity contribution < 1.29 is 4.92 Å². The summed E-state index contributed by atoms with van der Waals surface area (Å²) in [5, 5.41) is 22.8. The Hall–Kier alpha value is -2.38. The summed E-state index contributed by atoms with van der Waals surface area (Å²) in [5.74, 6) is 0.457. The molecule has 1 N–H and O–H groups in total. The second-order valence-electron chi connectivity index (χ2n) is 5.32. The molecule has 0 saturated heterocycles. The van der Waals surface area contributed by atoms with Crippen LogP contribution >= 0.6 is 0 Å². The normalized spacial score (nSPS) is 11.1. The van der Waals surface area contributed by atoms with Gasteiger partial charge in [0.2, 0.25) is 5.82 Å². The predicted molar refractivity (Wildman–Crippen MR) is 79.4 cm³/mol. The van der Waals surface area contributed by atoms with Crippen molar-refractivity contribution in [2.75, 3.05) is 11.9 Å². The molecule has 0 atom stereocenters. The Balaban J connectivity index is 2.13. The van der Waals surface area contributed by atoms with Gasteiger partial charge in [-0.15, -0.1) is 0 Å². The molecule has 2 aromatic rings. The molecule has 0 aliphatic carbocycles. The topological polar surface area (TPSA) is 90.8 Å². The van der Waals surface area contributed by atoms with Gasteiger partial charge in [0.05, 0.1) is 11.1 Å². The fourth-order valence-corrected chi connectivity index (χ4v) is 2.23. The summed E-state index contributed by atoms with van der Waals surface area (Å²) in [6.45, 7) is 4.38. The molecule has 0 aliphatic rings. The lowest BCUT2D eigenvalue weighted by atomic mass is 10.1. The highest BCUT2D eigenvalue weighted by Crippen LogP contribution is 2.32. The van der Waals surface area contributed by atoms with Crippen LogP contribution in [-0.2, 0) is 20.5 Å². The summed E-state index contributed by atoms with van der Waals surface area (Å²) >= 11 is 0. The van der Waals surface area contributed by atoms with Gasteiger partial charge in [0.1, 0.15) is 5.69 Å². The van der Waals surface area contributed by atoms with Gasteiger partial charge in [-0.2, -0.15) is 10.2 Å². The number of nitrogens with one attached hydrogen (secondary N) is 1. The lowest BCUT2D eigenvalue weighted by Crippen LogP contribution is -2.09. The molecule has 0 bridgehead atoms. The summed E-state index contributed by atoms with van der Waals surface area (Å²) in [6.07, 6.45) is 4.46. The minimum atomic E-state index is -0.366. The van der Waals surface area contributed by atoms with Crippen LogP contribution in [0.5, 0.6) is 0 Å². The van der Waals surface area contributed by atoms with Gasteiger partial charge in [0.15, 0.2) is 0 Å². The number of hydrogen-bond acceptors (Lipinski definition) is 5. The van der Waals surface area contributed by atoms with Gasteiger partial charge in [0, 0.05) is 32.8 Å². The Bertz CT molecular complexity index is 643. The third-order valence-corrected chi connectivity index (χ3v) is 3.24. The molecule has 2 aromatic heterocycles. The molecular formula is C13H20N6O2. The molecule has 8 nitrogen and oxygen atoms in total. The van der Waals surface area contributed by atoms with E-state index in [4.69, 9.17) is 0 Å². The SMILES string of the molecule is CC(C)c1nn(C)c(NCCc2cnn(C)c2)c1[N+](=O)[O-]. The van der Waals surface area contributed by atoms with Crippen molar-refractivity contribution in [3.8, 4) is 0 Å². The molecule has 0 radical (unpaired) electrons. The van der Waals surface area contributed by atoms with E-state index in [-0.39, 0.29) is 16.5 Å². The Morgan fingerprint density at radius 2 is 2.14 bits per heavy atom. The first-order valence-corrected chi connectivity index (χ1v) is 6.82. The zero-order valence-electron chi connectivity index (χ0n) is 12.7. The molecule has 0 saturated carbocycles. The molecule has 114 valence electrons. The van der Waals surface area contributed by atoms with E-state index in [0.29, 0.717) is 18.1 Å². The van der Waals surface area contributed by atoms with Gasteiger partial charge in [0.25, 0.3) is 0 Å². The van der Waals surface area contributed by atoms with E-state index in [1.165, 1.54) is 4.68 Å². The van der Waals surface area contributed by atoms with Crippen LogP contribution in [0.25, 0.3) is 0 Å². The molecular weight excluding hydrogens is 272 g/mol. The van der Waals surface area contributed by atoms with Crippen LogP contribution in [-0.4, -0.2) is 31.0 Å². The fourth-order valence-electron chi connectivity index (χ4n) is 2.23. The zero-order chi connectivity index (χ0) is 15.6. The monoisotopic (exact) mass is 292 g/mol. The van der Waals surface area contributed by atoms with Crippen LogP contribution < -0.4 is 5.32 Å². The quantitative estimate of drug-likeness (QED) is 0.648. The lowest BCUT2D eigenvalue weighted by molar-refractivity contribution is -0.384. The van der Waals surface area contributed by atoms with Gasteiger partial charge in [-0.25, -0.2) is 4.68 Å². The Morgan fingerprint density at radius 1 is 1.43 bits per heavy atom. The largest absolute Gasteiger partial charge is 0.364 e. The zero-order valence-corrected chi connectivity index (χ0v) is 12.7. The maximum absolute atomic E-state index is 11.3. The van der Waals surface area contributed by atoms with Crippen LogP contribution in [0, 0.1) is 10.1 Å². The first-order valence-electron chi connectivity index (χ1n) is 6.82. The van der Waals surface area contributed by atoms with Crippen LogP contribution in [0.1, 0.15) is 31.0 Å². The van der Waals surface area contributed by atoms with Crippen LogP contribution in [0.4, 0.5) is 11.5 Å². The summed E-state index contributed by atoms with van der Waals surface area (Å²) < 4.78 is 3.27. The maximum Gasteiger partial charge on any atom is 0.334 e. The van der Waals surface area contributed by atoms with Gasteiger partial charge in [-0.1, -0.05) is 13.8 Å². The second-order valence-corrected chi connectivity index (χ2v) is 5.32. The second kappa shape index (κ2) is 5.94. The maximum atomic E-state index is 11.3. The average Bonchev–Trinajstić information content (AvgIpc) is 2.94. The third-order valence-electron chi connectivity index (χ3n) is 3.24. The molecule has 8 heteroatoms. The summed E-state index contributed by atoms with van der Waals surface area (Å²) in [7, 11) is 3.57. The smallest absolute Gasteiger partial charge is 0.334 e. The minimum Gasteiger partial charge on any atom is -0.364 e. The molecule has 21 heavy (non-hydrogen) atoms. The molecule has 0 unspecified atom stereocenters. The number of aryl methyl sites for hydroxylation is 2. The van der Waals surface area contributed by atoms with Crippen LogP contribution in [0.2, 0.25) is 0 Å². The summed E-state index contributed by atoms with van der Waals surface area (Å²) in [4.78, 5) is 10.9. The van der Waals surface area contributed by atoms with Crippen LogP contribution in [0.15, 0.2) is 12.4 Å². The predicted octanol–water partition coefficient (Wildman–Crippen LogP) is 1.84. The highest BCUT2D eigenvalue weighted by Gasteiger charge is 2.28. The lowest BCUT2D eigenvalue weighted by Gasteiger charge is -2.05. The number of nitro groups is 1. The Kier molecular flexibility index (Phi) is 4.25. The van der Waals surface area contributed by atoms with E-state index in [9.17, 15) is 10.1 Å². The van der Waals surface area contributed by atoms with Crippen molar-refractivity contribution in [3.05, 3.63) is 33.8 Å². The minimum absolute atomic E-state index is 0.00507. The number of aromatic nitrogens is 4. The van der Waals surface area contributed by atoms with Crippen molar-refractivity contribution in [2.24, 2.45) is 14.1 Å². The van der Waals surface area contributed by atoms with Gasteiger partial charge in [-0.3, -0.25) is 14.8 Å². The molecule has 0 aromatic carbocycles. The Labute approximate surface area is 122 Å². The Morgan fingerprint density at radius 3 is 2.67 bits per heavy atom. The molecule has 0 aliphatic heterocycles. The fraction of sp³-hybridized carbons (Fsp3) is 0.538. The first-order chi connectivity index (χ1) is 9.90. The molecule has 0 amide bonds. The van der Waals surface area contributed by atoms with Crippen molar-refractivity contribution in [1.82, 2.24) is 19.6 Å². The molecule has 2 rings (SSSR count). The molecule has 0 spiro atoms. The van der Waals surface area contributed by atoms with Crippen molar-refractivity contribution in [2.45, 2.75) is 26.2 Å². The van der Waals surface area contributed by atoms with Crippen molar-refractivity contribution in [1.29, 1.82) is 0 Å². The third kappa shape index (κ3) is 3.21. The van der Waals surface area contributed by atoms with Gasteiger partial charge in [-0.05, 0) is 12.0 Å². The highest BCUT2D eigenvalue weighted by molar-refractivity contribution is 5.60.